The number of aryl methyl sites for hydroxylation is 1. The summed E-state index contributed by atoms with van der Waals surface area (Å²) in [5, 5.41) is 3.82. The van der Waals surface area contributed by atoms with E-state index in [0.29, 0.717) is 0 Å². The molecule has 164 valence electrons. The fraction of sp³-hybridized carbons (Fsp3) is 0.286. The van der Waals surface area contributed by atoms with E-state index in [2.05, 4.69) is 81.9 Å². The lowest BCUT2D eigenvalue weighted by atomic mass is 9.97. The minimum atomic E-state index is 0.972. The van der Waals surface area contributed by atoms with Gasteiger partial charge < -0.3 is 9.64 Å². The van der Waals surface area contributed by atoms with Crippen LogP contribution in [0.4, 0.5) is 5.69 Å². The van der Waals surface area contributed by atoms with Crippen molar-refractivity contribution in [1.29, 1.82) is 0 Å². The second kappa shape index (κ2) is 9.76. The standard InChI is InChI=1S/C28H30N2OS/c1-31-26-14-6-5-13-25(26)30-19-17-29(18-20-30)16-8-11-23-21-32-27-15-7-12-24(28(23)27)22-9-3-2-4-10-22/h2-7,9-10,12-15,21H,8,11,16-20H2,1H3. The highest BCUT2D eigenvalue weighted by atomic mass is 32.1. The molecule has 1 saturated heterocycles. The number of fused-ring (bicyclic) bond motifs is 1. The van der Waals surface area contributed by atoms with Crippen molar-refractivity contribution in [2.75, 3.05) is 44.7 Å². The zero-order chi connectivity index (χ0) is 21.8. The molecule has 1 fully saturated rings. The monoisotopic (exact) mass is 442 g/mol. The number of thiophene rings is 1. The van der Waals surface area contributed by atoms with Gasteiger partial charge in [0.2, 0.25) is 0 Å². The van der Waals surface area contributed by atoms with Gasteiger partial charge >= 0.3 is 0 Å². The second-order valence-electron chi connectivity index (χ2n) is 8.41. The summed E-state index contributed by atoms with van der Waals surface area (Å²) in [6.45, 7) is 5.49. The first kappa shape index (κ1) is 21.0. The van der Waals surface area contributed by atoms with Crippen molar-refractivity contribution >= 4 is 27.1 Å². The summed E-state index contributed by atoms with van der Waals surface area (Å²) in [4.78, 5) is 5.06. The summed E-state index contributed by atoms with van der Waals surface area (Å²) in [6, 6.07) is 25.9. The molecule has 0 unspecified atom stereocenters. The minimum Gasteiger partial charge on any atom is -0.495 e. The molecule has 1 aliphatic rings. The van der Waals surface area contributed by atoms with Crippen molar-refractivity contribution in [3.63, 3.8) is 0 Å². The maximum absolute atomic E-state index is 5.55. The van der Waals surface area contributed by atoms with Gasteiger partial charge in [0.25, 0.3) is 0 Å². The Morgan fingerprint density at radius 3 is 2.44 bits per heavy atom. The average molecular weight is 443 g/mol. The van der Waals surface area contributed by atoms with Gasteiger partial charge in [0.05, 0.1) is 12.8 Å². The summed E-state index contributed by atoms with van der Waals surface area (Å²) < 4.78 is 6.95. The van der Waals surface area contributed by atoms with Crippen LogP contribution in [-0.4, -0.2) is 44.7 Å². The summed E-state index contributed by atoms with van der Waals surface area (Å²) in [7, 11) is 1.76. The molecule has 0 amide bonds. The highest BCUT2D eigenvalue weighted by Gasteiger charge is 2.19. The molecule has 0 bridgehead atoms. The Balaban J connectivity index is 1.21. The second-order valence-corrected chi connectivity index (χ2v) is 9.32. The van der Waals surface area contributed by atoms with Gasteiger partial charge in [0, 0.05) is 36.3 Å². The molecule has 0 radical (unpaired) electrons. The quantitative estimate of drug-likeness (QED) is 0.332. The number of anilines is 1. The fourth-order valence-electron chi connectivity index (χ4n) is 4.79. The van der Waals surface area contributed by atoms with Crippen LogP contribution in [0, 0.1) is 0 Å². The number of ether oxygens (including phenoxy) is 1. The fourth-order valence-corrected chi connectivity index (χ4v) is 5.81. The van der Waals surface area contributed by atoms with Crippen LogP contribution < -0.4 is 9.64 Å². The van der Waals surface area contributed by atoms with Crippen LogP contribution in [0.3, 0.4) is 0 Å². The van der Waals surface area contributed by atoms with E-state index in [4.69, 9.17) is 4.74 Å². The molecule has 0 aliphatic carbocycles. The highest BCUT2D eigenvalue weighted by Crippen LogP contribution is 2.35. The lowest BCUT2D eigenvalue weighted by molar-refractivity contribution is 0.254. The first-order chi connectivity index (χ1) is 15.8. The lowest BCUT2D eigenvalue weighted by Crippen LogP contribution is -2.46. The zero-order valence-electron chi connectivity index (χ0n) is 18.7. The maximum atomic E-state index is 5.55. The lowest BCUT2D eigenvalue weighted by Gasteiger charge is -2.36. The molecular weight excluding hydrogens is 412 g/mol. The Hall–Kier alpha value is -2.82. The molecule has 1 aromatic heterocycles. The van der Waals surface area contributed by atoms with Crippen LogP contribution in [-0.2, 0) is 6.42 Å². The van der Waals surface area contributed by atoms with Crippen LogP contribution >= 0.6 is 11.3 Å². The number of rotatable bonds is 7. The molecule has 0 saturated carbocycles. The molecule has 1 aliphatic heterocycles. The SMILES string of the molecule is COc1ccccc1N1CCN(CCCc2csc3cccc(-c4ccccc4)c23)CC1. The molecule has 3 aromatic carbocycles. The molecule has 2 heterocycles. The van der Waals surface area contributed by atoms with Crippen molar-refractivity contribution in [2.24, 2.45) is 0 Å². The molecule has 32 heavy (non-hydrogen) atoms. The number of benzene rings is 3. The van der Waals surface area contributed by atoms with Gasteiger partial charge in [-0.3, -0.25) is 4.90 Å². The van der Waals surface area contributed by atoms with Gasteiger partial charge in [-0.25, -0.2) is 0 Å². The molecule has 5 rings (SSSR count). The largest absolute Gasteiger partial charge is 0.495 e. The van der Waals surface area contributed by atoms with Crippen LogP contribution in [0.15, 0.2) is 78.2 Å². The predicted octanol–water partition coefficient (Wildman–Crippen LogP) is 6.33. The van der Waals surface area contributed by atoms with Crippen molar-refractivity contribution < 1.29 is 4.74 Å². The van der Waals surface area contributed by atoms with Gasteiger partial charge in [-0.2, -0.15) is 0 Å². The van der Waals surface area contributed by atoms with Crippen LogP contribution in [0.1, 0.15) is 12.0 Å². The molecule has 0 N–H and O–H groups in total. The molecule has 4 aromatic rings. The average Bonchev–Trinajstić information content (AvgIpc) is 3.28. The third-order valence-corrected chi connectivity index (χ3v) is 7.48. The van der Waals surface area contributed by atoms with Gasteiger partial charge in [0.15, 0.2) is 0 Å². The van der Waals surface area contributed by atoms with Crippen molar-refractivity contribution in [1.82, 2.24) is 4.90 Å². The Morgan fingerprint density at radius 2 is 1.62 bits per heavy atom. The van der Waals surface area contributed by atoms with E-state index < -0.39 is 0 Å². The Bertz CT molecular complexity index is 1160. The smallest absolute Gasteiger partial charge is 0.142 e. The van der Waals surface area contributed by atoms with E-state index in [9.17, 15) is 0 Å². The summed E-state index contributed by atoms with van der Waals surface area (Å²) >= 11 is 1.88. The molecule has 4 heteroatoms. The van der Waals surface area contributed by atoms with Gasteiger partial charge in [-0.05, 0) is 59.7 Å². The van der Waals surface area contributed by atoms with Crippen molar-refractivity contribution in [3.8, 4) is 16.9 Å². The van der Waals surface area contributed by atoms with E-state index in [1.54, 1.807) is 7.11 Å². The number of hydrogen-bond acceptors (Lipinski definition) is 4. The minimum absolute atomic E-state index is 0.972. The van der Waals surface area contributed by atoms with Crippen molar-refractivity contribution in [2.45, 2.75) is 12.8 Å². The Morgan fingerprint density at radius 1 is 0.844 bits per heavy atom. The highest BCUT2D eigenvalue weighted by molar-refractivity contribution is 7.17. The number of methoxy groups -OCH3 is 1. The predicted molar refractivity (Wildman–Crippen MR) is 137 cm³/mol. The number of nitrogens with zero attached hydrogens (tertiary/aromatic N) is 2. The molecule has 0 spiro atoms. The van der Waals surface area contributed by atoms with E-state index in [1.807, 2.05) is 17.4 Å². The van der Waals surface area contributed by atoms with E-state index in [1.165, 1.54) is 38.9 Å². The van der Waals surface area contributed by atoms with Gasteiger partial charge in [-0.1, -0.05) is 54.6 Å². The number of piperazine rings is 1. The normalized spacial score (nSPS) is 14.7. The summed E-state index contributed by atoms with van der Waals surface area (Å²) in [6.07, 6.45) is 2.33. The van der Waals surface area contributed by atoms with Crippen LogP contribution in [0.5, 0.6) is 5.75 Å². The van der Waals surface area contributed by atoms with E-state index in [-0.39, 0.29) is 0 Å². The summed E-state index contributed by atoms with van der Waals surface area (Å²) in [5.41, 5.74) is 5.39. The Labute approximate surface area is 194 Å². The van der Waals surface area contributed by atoms with Gasteiger partial charge in [-0.15, -0.1) is 11.3 Å². The number of hydrogen-bond donors (Lipinski definition) is 0. The Kier molecular flexibility index (Phi) is 6.42. The molecule has 0 atom stereocenters. The van der Waals surface area contributed by atoms with Crippen LogP contribution in [0.25, 0.3) is 21.2 Å². The summed E-state index contributed by atoms with van der Waals surface area (Å²) in [5.74, 6) is 0.972. The zero-order valence-corrected chi connectivity index (χ0v) is 19.5. The molecular formula is C28H30N2OS. The van der Waals surface area contributed by atoms with E-state index in [0.717, 1.165) is 44.9 Å². The topological polar surface area (TPSA) is 15.7 Å². The van der Waals surface area contributed by atoms with E-state index >= 15 is 0 Å². The third kappa shape index (κ3) is 4.38. The van der Waals surface area contributed by atoms with Gasteiger partial charge in [0.1, 0.15) is 5.75 Å². The first-order valence-electron chi connectivity index (χ1n) is 11.5. The number of para-hydroxylation sites is 2. The third-order valence-electron chi connectivity index (χ3n) is 6.48. The maximum Gasteiger partial charge on any atom is 0.142 e. The van der Waals surface area contributed by atoms with Crippen LogP contribution in [0.2, 0.25) is 0 Å². The molecule has 3 nitrogen and oxygen atoms in total. The van der Waals surface area contributed by atoms with Crippen molar-refractivity contribution in [3.05, 3.63) is 83.7 Å². The first-order valence-corrected chi connectivity index (χ1v) is 12.4.